The normalized spacial score (nSPS) is 14.3. The van der Waals surface area contributed by atoms with Gasteiger partial charge in [0.15, 0.2) is 11.5 Å². The van der Waals surface area contributed by atoms with Gasteiger partial charge in [-0.1, -0.05) is 26.8 Å². The zero-order valence-corrected chi connectivity index (χ0v) is 22.2. The van der Waals surface area contributed by atoms with E-state index in [1.54, 1.807) is 19.4 Å². The van der Waals surface area contributed by atoms with Crippen LogP contribution in [0.1, 0.15) is 52.0 Å². The zero-order chi connectivity index (χ0) is 27.3. The van der Waals surface area contributed by atoms with E-state index < -0.39 is 17.3 Å². The van der Waals surface area contributed by atoms with E-state index in [2.05, 4.69) is 24.1 Å². The van der Waals surface area contributed by atoms with Crippen molar-refractivity contribution in [3.8, 4) is 23.0 Å². The lowest BCUT2D eigenvalue weighted by atomic mass is 10.1. The van der Waals surface area contributed by atoms with Crippen molar-refractivity contribution in [1.29, 1.82) is 0 Å². The Morgan fingerprint density at radius 1 is 1.11 bits per heavy atom. The van der Waals surface area contributed by atoms with Crippen LogP contribution in [0.15, 0.2) is 54.7 Å². The highest BCUT2D eigenvalue weighted by Gasteiger charge is 2.57. The van der Waals surface area contributed by atoms with Gasteiger partial charge in [0.1, 0.15) is 16.9 Å². The van der Waals surface area contributed by atoms with Crippen LogP contribution in [0.4, 0.5) is 0 Å². The van der Waals surface area contributed by atoms with Crippen LogP contribution < -0.4 is 19.5 Å². The van der Waals surface area contributed by atoms with Gasteiger partial charge in [0, 0.05) is 23.3 Å². The van der Waals surface area contributed by atoms with E-state index in [9.17, 15) is 14.7 Å². The van der Waals surface area contributed by atoms with Crippen LogP contribution >= 0.6 is 0 Å². The summed E-state index contributed by atoms with van der Waals surface area (Å²) in [6.45, 7) is 6.85. The van der Waals surface area contributed by atoms with Crippen molar-refractivity contribution in [3.05, 3.63) is 60.3 Å². The molecule has 2 aromatic carbocycles. The summed E-state index contributed by atoms with van der Waals surface area (Å²) in [5, 5.41) is 13.0. The van der Waals surface area contributed by atoms with Crippen molar-refractivity contribution in [3.63, 3.8) is 0 Å². The number of nitrogens with zero attached hydrogens (tertiary/aromatic N) is 1. The fourth-order valence-electron chi connectivity index (χ4n) is 4.07. The van der Waals surface area contributed by atoms with Gasteiger partial charge in [-0.2, -0.15) is 0 Å². The number of carbonyl (C=O) groups is 2. The van der Waals surface area contributed by atoms with Crippen LogP contribution in [0.2, 0.25) is 0 Å². The molecule has 1 fully saturated rings. The average Bonchev–Trinajstić information content (AvgIpc) is 3.71. The summed E-state index contributed by atoms with van der Waals surface area (Å²) < 4.78 is 17.7. The molecule has 0 saturated heterocycles. The highest BCUT2D eigenvalue weighted by molar-refractivity contribution is 6.07. The maximum atomic E-state index is 12.6. The molecule has 1 aromatic heterocycles. The molecule has 0 aliphatic heterocycles. The molecule has 1 heterocycles. The molecule has 1 aliphatic rings. The number of pyridine rings is 1. The van der Waals surface area contributed by atoms with Crippen molar-refractivity contribution < 1.29 is 28.9 Å². The number of benzene rings is 2. The van der Waals surface area contributed by atoms with Crippen molar-refractivity contribution in [2.24, 2.45) is 11.3 Å². The number of aromatic nitrogens is 1. The van der Waals surface area contributed by atoms with Gasteiger partial charge in [-0.25, -0.2) is 0 Å². The fraction of sp³-hybridized carbons (Fsp3) is 0.367. The molecule has 1 aliphatic carbocycles. The number of fused-ring (bicyclic) bond motifs is 1. The molecule has 8 nitrogen and oxygen atoms in total. The second kappa shape index (κ2) is 11.5. The Balaban J connectivity index is 1.53. The lowest BCUT2D eigenvalue weighted by molar-refractivity contribution is -0.148. The molecule has 0 radical (unpaired) electrons. The Labute approximate surface area is 222 Å². The molecule has 3 aromatic rings. The number of carboxylic acids is 1. The first-order valence-corrected chi connectivity index (χ1v) is 12.9. The maximum absolute atomic E-state index is 12.6. The lowest BCUT2D eigenvalue weighted by Gasteiger charge is -2.16. The minimum Gasteiger partial charge on any atom is -0.493 e. The molecule has 1 saturated carbocycles. The van der Waals surface area contributed by atoms with Crippen LogP contribution in [-0.2, 0) is 9.59 Å². The first-order chi connectivity index (χ1) is 18.3. The Kier molecular flexibility index (Phi) is 8.20. The third-order valence-electron chi connectivity index (χ3n) is 6.58. The summed E-state index contributed by atoms with van der Waals surface area (Å²) in [7, 11) is 1.60. The van der Waals surface area contributed by atoms with Crippen LogP contribution in [0.3, 0.4) is 0 Å². The first-order valence-electron chi connectivity index (χ1n) is 12.9. The highest BCUT2D eigenvalue weighted by atomic mass is 16.5. The van der Waals surface area contributed by atoms with Crippen LogP contribution in [0.25, 0.3) is 16.6 Å². The molecule has 0 unspecified atom stereocenters. The number of nitrogens with one attached hydrogen (secondary N) is 1. The molecule has 38 heavy (non-hydrogen) atoms. The van der Waals surface area contributed by atoms with Gasteiger partial charge in [0.05, 0.1) is 19.2 Å². The third-order valence-corrected chi connectivity index (χ3v) is 6.58. The Bertz CT molecular complexity index is 1340. The summed E-state index contributed by atoms with van der Waals surface area (Å²) in [4.78, 5) is 28.6. The fourth-order valence-corrected chi connectivity index (χ4v) is 4.07. The lowest BCUT2D eigenvalue weighted by Crippen LogP contribution is -2.36. The van der Waals surface area contributed by atoms with Gasteiger partial charge in [0.2, 0.25) is 5.91 Å². The van der Waals surface area contributed by atoms with Gasteiger partial charge in [-0.3, -0.25) is 14.6 Å². The maximum Gasteiger partial charge on any atom is 0.319 e. The van der Waals surface area contributed by atoms with Gasteiger partial charge in [-0.15, -0.1) is 0 Å². The van der Waals surface area contributed by atoms with E-state index in [4.69, 9.17) is 14.2 Å². The number of carboxylic acid groups (broad SMARTS) is 1. The molecule has 0 spiro atoms. The molecule has 0 bridgehead atoms. The number of hydrogen-bond acceptors (Lipinski definition) is 6. The SMILES string of the molecule is CC/C=C(/NC(=O)C1(C(=O)O)CC1)c1ccc(Oc2ccnc3cc(OCCC(C)C)c(OC)cc23)cc1. The van der Waals surface area contributed by atoms with E-state index in [1.807, 2.05) is 49.4 Å². The van der Waals surface area contributed by atoms with Crippen LogP contribution in [0.5, 0.6) is 23.0 Å². The summed E-state index contributed by atoms with van der Waals surface area (Å²) >= 11 is 0. The van der Waals surface area contributed by atoms with Crippen molar-refractivity contribution in [2.75, 3.05) is 13.7 Å². The monoisotopic (exact) mass is 518 g/mol. The van der Waals surface area contributed by atoms with E-state index in [0.717, 1.165) is 22.9 Å². The Morgan fingerprint density at radius 3 is 2.45 bits per heavy atom. The Hall–Kier alpha value is -4.07. The predicted octanol–water partition coefficient (Wildman–Crippen LogP) is 6.19. The van der Waals surface area contributed by atoms with E-state index in [1.165, 1.54) is 0 Å². The second-order valence-electron chi connectivity index (χ2n) is 9.85. The van der Waals surface area contributed by atoms with E-state index >= 15 is 0 Å². The van der Waals surface area contributed by atoms with Crippen molar-refractivity contribution >= 4 is 28.5 Å². The van der Waals surface area contributed by atoms with E-state index in [-0.39, 0.29) is 0 Å². The average molecular weight is 519 g/mol. The Morgan fingerprint density at radius 2 is 1.84 bits per heavy atom. The molecule has 2 N–H and O–H groups in total. The summed E-state index contributed by atoms with van der Waals surface area (Å²) in [5.74, 6) is 1.45. The molecule has 4 rings (SSSR count). The second-order valence-corrected chi connectivity index (χ2v) is 9.85. The minimum absolute atomic E-state index is 0.358. The highest BCUT2D eigenvalue weighted by Crippen LogP contribution is 2.46. The van der Waals surface area contributed by atoms with Gasteiger partial charge in [0.25, 0.3) is 0 Å². The molecule has 200 valence electrons. The van der Waals surface area contributed by atoms with E-state index in [0.29, 0.717) is 60.5 Å². The number of carbonyl (C=O) groups excluding carboxylic acids is 1. The zero-order valence-electron chi connectivity index (χ0n) is 22.2. The predicted molar refractivity (Wildman–Crippen MR) is 145 cm³/mol. The number of methoxy groups -OCH3 is 1. The van der Waals surface area contributed by atoms with Gasteiger partial charge < -0.3 is 24.6 Å². The summed E-state index contributed by atoms with van der Waals surface area (Å²) in [6, 6.07) is 12.8. The summed E-state index contributed by atoms with van der Waals surface area (Å²) in [5.41, 5.74) is 0.764. The quantitative estimate of drug-likeness (QED) is 0.275. The van der Waals surface area contributed by atoms with Crippen LogP contribution in [0, 0.1) is 11.3 Å². The van der Waals surface area contributed by atoms with Crippen molar-refractivity contribution in [1.82, 2.24) is 10.3 Å². The largest absolute Gasteiger partial charge is 0.493 e. The van der Waals surface area contributed by atoms with Crippen molar-refractivity contribution in [2.45, 2.75) is 46.5 Å². The first kappa shape index (κ1) is 27.0. The topological polar surface area (TPSA) is 107 Å². The molecular formula is C30H34N2O6. The molecule has 8 heteroatoms. The van der Waals surface area contributed by atoms with Crippen LogP contribution in [-0.4, -0.2) is 35.7 Å². The molecule has 0 atom stereocenters. The minimum atomic E-state index is -1.31. The number of ether oxygens (including phenoxy) is 3. The van der Waals surface area contributed by atoms with Gasteiger partial charge >= 0.3 is 5.97 Å². The standard InChI is InChI=1S/C30H34N2O6/c1-5-6-23(32-28(33)30(13-14-30)29(34)35)20-7-9-21(10-8-20)38-25-11-15-31-24-18-27(37-16-12-19(2)3)26(36-4)17-22(24)25/h6-11,15,17-19H,5,12-14,16H2,1-4H3,(H,32,33)(H,34,35)/b23-6+. The smallest absolute Gasteiger partial charge is 0.319 e. The summed E-state index contributed by atoms with van der Waals surface area (Å²) in [6.07, 6.45) is 5.89. The molecule has 1 amide bonds. The number of rotatable bonds is 12. The molecular weight excluding hydrogens is 484 g/mol. The number of allylic oxidation sites excluding steroid dienone is 1. The number of aliphatic carboxylic acids is 1. The van der Waals surface area contributed by atoms with Gasteiger partial charge in [-0.05, 0) is 73.6 Å². The number of hydrogen-bond donors (Lipinski definition) is 2. The third kappa shape index (κ3) is 5.90. The number of amides is 1.